The first-order valence-corrected chi connectivity index (χ1v) is 8.32. The van der Waals surface area contributed by atoms with E-state index in [1.54, 1.807) is 0 Å². The summed E-state index contributed by atoms with van der Waals surface area (Å²) >= 11 is 0. The molecule has 6 heteroatoms. The Morgan fingerprint density at radius 2 is 1.92 bits per heavy atom. The van der Waals surface area contributed by atoms with Crippen molar-refractivity contribution in [1.82, 2.24) is 15.0 Å². The van der Waals surface area contributed by atoms with Crippen LogP contribution in [0, 0.1) is 6.92 Å². The highest BCUT2D eigenvalue weighted by Crippen LogP contribution is 2.16. The summed E-state index contributed by atoms with van der Waals surface area (Å²) in [6.07, 6.45) is 0. The van der Waals surface area contributed by atoms with Crippen molar-refractivity contribution in [2.75, 3.05) is 32.8 Å². The molecule has 128 valence electrons. The lowest BCUT2D eigenvalue weighted by Crippen LogP contribution is -2.48. The van der Waals surface area contributed by atoms with E-state index in [1.807, 2.05) is 49.1 Å². The number of rotatable bonds is 5. The van der Waals surface area contributed by atoms with E-state index in [1.165, 1.54) is 0 Å². The molecule has 3 rings (SSSR count). The van der Waals surface area contributed by atoms with E-state index in [-0.39, 0.29) is 5.91 Å². The molecule has 0 N–H and O–H groups in total. The van der Waals surface area contributed by atoms with Crippen LogP contribution < -0.4 is 4.74 Å². The standard InChI is InChI=1S/C18H23N3O3/c1-3-23-16-6-4-15(5-7-16)18(22)21-10-8-20(9-11-21)13-17-12-14(2)19-24-17/h4-7,12H,3,8-11,13H2,1-2H3. The Labute approximate surface area is 142 Å². The number of ether oxygens (including phenoxy) is 1. The predicted octanol–water partition coefficient (Wildman–Crippen LogP) is 2.34. The number of aromatic nitrogens is 1. The molecule has 1 saturated heterocycles. The van der Waals surface area contributed by atoms with Crippen LogP contribution in [-0.4, -0.2) is 53.6 Å². The summed E-state index contributed by atoms with van der Waals surface area (Å²) < 4.78 is 10.7. The Hall–Kier alpha value is -2.34. The molecule has 1 aliphatic heterocycles. The quantitative estimate of drug-likeness (QED) is 0.843. The highest BCUT2D eigenvalue weighted by Gasteiger charge is 2.22. The van der Waals surface area contributed by atoms with Gasteiger partial charge in [0.15, 0.2) is 5.76 Å². The maximum absolute atomic E-state index is 12.6. The van der Waals surface area contributed by atoms with Gasteiger partial charge in [0.1, 0.15) is 5.75 Å². The fraction of sp³-hybridized carbons (Fsp3) is 0.444. The van der Waals surface area contributed by atoms with E-state index in [4.69, 9.17) is 9.26 Å². The second kappa shape index (κ2) is 7.49. The van der Waals surface area contributed by atoms with Crippen molar-refractivity contribution in [2.24, 2.45) is 0 Å². The van der Waals surface area contributed by atoms with Crippen molar-refractivity contribution in [1.29, 1.82) is 0 Å². The molecular weight excluding hydrogens is 306 g/mol. The first-order chi connectivity index (χ1) is 11.7. The average molecular weight is 329 g/mol. The molecule has 2 aromatic rings. The fourth-order valence-electron chi connectivity index (χ4n) is 2.86. The number of benzene rings is 1. The lowest BCUT2D eigenvalue weighted by Gasteiger charge is -2.34. The topological polar surface area (TPSA) is 58.8 Å². The van der Waals surface area contributed by atoms with Crippen molar-refractivity contribution in [3.8, 4) is 5.75 Å². The van der Waals surface area contributed by atoms with E-state index >= 15 is 0 Å². The van der Waals surface area contributed by atoms with Gasteiger partial charge in [0, 0.05) is 37.8 Å². The summed E-state index contributed by atoms with van der Waals surface area (Å²) in [5.74, 6) is 1.74. The zero-order chi connectivity index (χ0) is 16.9. The Balaban J connectivity index is 1.52. The molecule has 0 unspecified atom stereocenters. The number of carbonyl (C=O) groups excluding carboxylic acids is 1. The van der Waals surface area contributed by atoms with Crippen LogP contribution in [0.2, 0.25) is 0 Å². The zero-order valence-electron chi connectivity index (χ0n) is 14.2. The van der Waals surface area contributed by atoms with Gasteiger partial charge in [0.25, 0.3) is 5.91 Å². The molecular formula is C18H23N3O3. The predicted molar refractivity (Wildman–Crippen MR) is 90.0 cm³/mol. The van der Waals surface area contributed by atoms with Gasteiger partial charge in [0.2, 0.25) is 0 Å². The van der Waals surface area contributed by atoms with E-state index in [2.05, 4.69) is 10.1 Å². The molecule has 1 aliphatic rings. The number of nitrogens with zero attached hydrogens (tertiary/aromatic N) is 3. The van der Waals surface area contributed by atoms with Crippen molar-refractivity contribution < 1.29 is 14.1 Å². The van der Waals surface area contributed by atoms with Gasteiger partial charge in [-0.1, -0.05) is 5.16 Å². The number of amides is 1. The van der Waals surface area contributed by atoms with Crippen LogP contribution in [0.25, 0.3) is 0 Å². The molecule has 6 nitrogen and oxygen atoms in total. The molecule has 1 aromatic heterocycles. The van der Waals surface area contributed by atoms with E-state index < -0.39 is 0 Å². The van der Waals surface area contributed by atoms with Gasteiger partial charge >= 0.3 is 0 Å². The zero-order valence-corrected chi connectivity index (χ0v) is 14.2. The van der Waals surface area contributed by atoms with E-state index in [0.717, 1.165) is 49.9 Å². The Bertz CT molecular complexity index is 673. The summed E-state index contributed by atoms with van der Waals surface area (Å²) in [7, 11) is 0. The SMILES string of the molecule is CCOc1ccc(C(=O)N2CCN(Cc3cc(C)no3)CC2)cc1. The summed E-state index contributed by atoms with van der Waals surface area (Å²) in [6, 6.07) is 9.31. The molecule has 1 fully saturated rings. The third-order valence-electron chi connectivity index (χ3n) is 4.13. The smallest absolute Gasteiger partial charge is 0.253 e. The van der Waals surface area contributed by atoms with Crippen LogP contribution in [-0.2, 0) is 6.54 Å². The van der Waals surface area contributed by atoms with E-state index in [9.17, 15) is 4.79 Å². The summed E-state index contributed by atoms with van der Waals surface area (Å²) in [5, 5.41) is 3.91. The van der Waals surface area contributed by atoms with Gasteiger partial charge in [-0.15, -0.1) is 0 Å². The summed E-state index contributed by atoms with van der Waals surface area (Å²) in [5.41, 5.74) is 1.60. The molecule has 0 radical (unpaired) electrons. The maximum atomic E-state index is 12.6. The highest BCUT2D eigenvalue weighted by atomic mass is 16.5. The van der Waals surface area contributed by atoms with Crippen molar-refractivity contribution in [3.63, 3.8) is 0 Å². The Morgan fingerprint density at radius 3 is 2.50 bits per heavy atom. The van der Waals surface area contributed by atoms with Crippen molar-refractivity contribution >= 4 is 5.91 Å². The van der Waals surface area contributed by atoms with Crippen molar-refractivity contribution in [3.05, 3.63) is 47.3 Å². The third-order valence-corrected chi connectivity index (χ3v) is 4.13. The van der Waals surface area contributed by atoms with Crippen LogP contribution in [0.1, 0.15) is 28.7 Å². The van der Waals surface area contributed by atoms with Crippen LogP contribution in [0.5, 0.6) is 5.75 Å². The highest BCUT2D eigenvalue weighted by molar-refractivity contribution is 5.94. The minimum absolute atomic E-state index is 0.0770. The lowest BCUT2D eigenvalue weighted by atomic mass is 10.1. The molecule has 0 bridgehead atoms. The largest absolute Gasteiger partial charge is 0.494 e. The minimum Gasteiger partial charge on any atom is -0.494 e. The number of hydrogen-bond donors (Lipinski definition) is 0. The van der Waals surface area contributed by atoms with Crippen LogP contribution in [0.15, 0.2) is 34.9 Å². The van der Waals surface area contributed by atoms with Gasteiger partial charge in [0.05, 0.1) is 18.8 Å². The van der Waals surface area contributed by atoms with Gasteiger partial charge in [-0.2, -0.15) is 0 Å². The number of piperazine rings is 1. The number of aryl methyl sites for hydroxylation is 1. The van der Waals surface area contributed by atoms with Gasteiger partial charge < -0.3 is 14.2 Å². The maximum Gasteiger partial charge on any atom is 0.253 e. The Kier molecular flexibility index (Phi) is 5.15. The second-order valence-electron chi connectivity index (χ2n) is 5.96. The van der Waals surface area contributed by atoms with Crippen LogP contribution in [0.3, 0.4) is 0 Å². The Morgan fingerprint density at radius 1 is 1.21 bits per heavy atom. The fourth-order valence-corrected chi connectivity index (χ4v) is 2.86. The van der Waals surface area contributed by atoms with Gasteiger partial charge in [-0.3, -0.25) is 9.69 Å². The van der Waals surface area contributed by atoms with Crippen molar-refractivity contribution in [2.45, 2.75) is 20.4 Å². The molecule has 1 aromatic carbocycles. The molecule has 0 spiro atoms. The lowest BCUT2D eigenvalue weighted by molar-refractivity contribution is 0.0617. The average Bonchev–Trinajstić information content (AvgIpc) is 3.01. The van der Waals surface area contributed by atoms with Gasteiger partial charge in [-0.25, -0.2) is 0 Å². The monoisotopic (exact) mass is 329 g/mol. The summed E-state index contributed by atoms with van der Waals surface area (Å²) in [4.78, 5) is 16.8. The molecule has 2 heterocycles. The first-order valence-electron chi connectivity index (χ1n) is 8.32. The van der Waals surface area contributed by atoms with Crippen LogP contribution in [0.4, 0.5) is 0 Å². The molecule has 0 aliphatic carbocycles. The third kappa shape index (κ3) is 3.94. The molecule has 1 amide bonds. The number of carbonyl (C=O) groups is 1. The molecule has 0 saturated carbocycles. The first kappa shape index (κ1) is 16.5. The second-order valence-corrected chi connectivity index (χ2v) is 5.96. The van der Waals surface area contributed by atoms with E-state index in [0.29, 0.717) is 12.2 Å². The molecule has 0 atom stereocenters. The summed E-state index contributed by atoms with van der Waals surface area (Å²) in [6.45, 7) is 8.34. The van der Waals surface area contributed by atoms with Crippen LogP contribution >= 0.6 is 0 Å². The molecule has 24 heavy (non-hydrogen) atoms. The minimum atomic E-state index is 0.0770. The number of hydrogen-bond acceptors (Lipinski definition) is 5. The normalized spacial score (nSPS) is 15.5. The van der Waals surface area contributed by atoms with Gasteiger partial charge in [-0.05, 0) is 38.1 Å².